The Labute approximate surface area is 193 Å². The molecule has 0 bridgehead atoms. The van der Waals surface area contributed by atoms with Gasteiger partial charge in [0.1, 0.15) is 0 Å². The molecule has 3 aromatic rings. The van der Waals surface area contributed by atoms with Gasteiger partial charge in [-0.3, -0.25) is 19.2 Å². The first-order valence-electron chi connectivity index (χ1n) is 10.5. The molecule has 3 rings (SSSR count). The largest absolute Gasteiger partial charge is 0.300 e. The Bertz CT molecular complexity index is 1030. The molecule has 0 N–H and O–H groups in total. The fourth-order valence-corrected chi connectivity index (χ4v) is 3.89. The lowest BCUT2D eigenvalue weighted by Crippen LogP contribution is -2.24. The zero-order chi connectivity index (χ0) is 22.5. The fourth-order valence-electron chi connectivity index (χ4n) is 3.53. The van der Waals surface area contributed by atoms with E-state index in [1.165, 1.54) is 0 Å². The van der Waals surface area contributed by atoms with E-state index in [-0.39, 0.29) is 11.8 Å². The third-order valence-corrected chi connectivity index (χ3v) is 5.89. The van der Waals surface area contributed by atoms with E-state index in [2.05, 4.69) is 61.4 Å². The number of halogens is 1. The maximum Gasteiger partial charge on any atom is 0.195 e. The monoisotopic (exact) mass is 483 g/mol. The Balaban J connectivity index is 2.19. The molecule has 0 spiro atoms. The lowest BCUT2D eigenvalue weighted by Gasteiger charge is -2.23. The topological polar surface area (TPSA) is 54.3 Å². The first-order chi connectivity index (χ1) is 14.8. The fraction of sp³-hybridized carbons (Fsp3) is 0.375. The van der Waals surface area contributed by atoms with E-state index < -0.39 is 0 Å². The van der Waals surface area contributed by atoms with Gasteiger partial charge < -0.3 is 0 Å². The van der Waals surface area contributed by atoms with Crippen LogP contribution >= 0.6 is 15.9 Å². The average molecular weight is 484 g/mol. The van der Waals surface area contributed by atoms with Crippen LogP contribution in [0.2, 0.25) is 0 Å². The lowest BCUT2D eigenvalue weighted by molar-refractivity contribution is 0.103. The van der Waals surface area contributed by atoms with Crippen LogP contribution in [0, 0.1) is 0 Å². The zero-order valence-electron chi connectivity index (χ0n) is 18.8. The van der Waals surface area contributed by atoms with Crippen molar-refractivity contribution >= 4 is 21.7 Å². The van der Waals surface area contributed by atoms with Crippen molar-refractivity contribution in [2.45, 2.75) is 32.9 Å². The van der Waals surface area contributed by atoms with Gasteiger partial charge in [-0.25, -0.2) is 0 Å². The summed E-state index contributed by atoms with van der Waals surface area (Å²) >= 11 is 3.54. The van der Waals surface area contributed by atoms with Crippen molar-refractivity contribution in [1.82, 2.24) is 24.6 Å². The SMILES string of the molecule is CCCN(C)Cc1nnc(C(C)N(C)C)n1-c1ccc(Br)cc1C(=O)c1ccccc1. The summed E-state index contributed by atoms with van der Waals surface area (Å²) in [6.45, 7) is 5.86. The molecular weight excluding hydrogens is 454 g/mol. The normalized spacial score (nSPS) is 12.5. The molecule has 0 saturated heterocycles. The highest BCUT2D eigenvalue weighted by Gasteiger charge is 2.25. The quantitative estimate of drug-likeness (QED) is 0.412. The van der Waals surface area contributed by atoms with Crippen LogP contribution in [-0.4, -0.2) is 58.0 Å². The van der Waals surface area contributed by atoms with Gasteiger partial charge in [0.25, 0.3) is 0 Å². The van der Waals surface area contributed by atoms with E-state index in [0.29, 0.717) is 17.7 Å². The van der Waals surface area contributed by atoms with Crippen molar-refractivity contribution in [1.29, 1.82) is 0 Å². The van der Waals surface area contributed by atoms with Crippen LogP contribution in [0.5, 0.6) is 0 Å². The highest BCUT2D eigenvalue weighted by Crippen LogP contribution is 2.28. The molecule has 164 valence electrons. The van der Waals surface area contributed by atoms with Crippen molar-refractivity contribution in [2.24, 2.45) is 0 Å². The van der Waals surface area contributed by atoms with Crippen molar-refractivity contribution in [3.63, 3.8) is 0 Å². The Morgan fingerprint density at radius 2 is 1.81 bits per heavy atom. The van der Waals surface area contributed by atoms with Crippen LogP contribution in [0.1, 0.15) is 53.9 Å². The number of aromatic nitrogens is 3. The van der Waals surface area contributed by atoms with Crippen LogP contribution in [0.4, 0.5) is 0 Å². The van der Waals surface area contributed by atoms with Gasteiger partial charge in [0, 0.05) is 15.6 Å². The van der Waals surface area contributed by atoms with Crippen LogP contribution in [0.25, 0.3) is 5.69 Å². The second-order valence-electron chi connectivity index (χ2n) is 8.04. The van der Waals surface area contributed by atoms with Gasteiger partial charge in [0.15, 0.2) is 17.4 Å². The molecule has 0 aliphatic rings. The molecule has 1 heterocycles. The second-order valence-corrected chi connectivity index (χ2v) is 8.96. The van der Waals surface area contributed by atoms with Crippen molar-refractivity contribution in [2.75, 3.05) is 27.7 Å². The molecule has 0 aliphatic carbocycles. The third kappa shape index (κ3) is 5.29. The number of carbonyl (C=O) groups excluding carboxylic acids is 1. The molecule has 0 saturated carbocycles. The zero-order valence-corrected chi connectivity index (χ0v) is 20.4. The number of carbonyl (C=O) groups is 1. The molecule has 0 fully saturated rings. The number of nitrogens with zero attached hydrogens (tertiary/aromatic N) is 5. The number of rotatable bonds is 9. The number of hydrogen-bond donors (Lipinski definition) is 0. The van der Waals surface area contributed by atoms with E-state index in [1.807, 2.05) is 62.6 Å². The van der Waals surface area contributed by atoms with Gasteiger partial charge in [-0.2, -0.15) is 0 Å². The summed E-state index contributed by atoms with van der Waals surface area (Å²) in [5.41, 5.74) is 2.07. The predicted octanol–water partition coefficient (Wildman–Crippen LogP) is 4.73. The third-order valence-electron chi connectivity index (χ3n) is 5.40. The summed E-state index contributed by atoms with van der Waals surface area (Å²) < 4.78 is 2.91. The maximum absolute atomic E-state index is 13.5. The minimum atomic E-state index is -0.0260. The molecule has 7 heteroatoms. The number of benzene rings is 2. The summed E-state index contributed by atoms with van der Waals surface area (Å²) in [5, 5.41) is 9.08. The summed E-state index contributed by atoms with van der Waals surface area (Å²) in [4.78, 5) is 17.8. The molecule has 6 nitrogen and oxygen atoms in total. The number of ketones is 1. The first kappa shape index (κ1) is 23.3. The molecule has 0 amide bonds. The maximum atomic E-state index is 13.5. The highest BCUT2D eigenvalue weighted by molar-refractivity contribution is 9.10. The predicted molar refractivity (Wildman–Crippen MR) is 128 cm³/mol. The average Bonchev–Trinajstić information content (AvgIpc) is 3.16. The Kier molecular flexibility index (Phi) is 7.75. The molecule has 1 unspecified atom stereocenters. The van der Waals surface area contributed by atoms with Crippen LogP contribution in [0.15, 0.2) is 53.0 Å². The van der Waals surface area contributed by atoms with Gasteiger partial charge in [0.05, 0.1) is 18.3 Å². The lowest BCUT2D eigenvalue weighted by atomic mass is 10.0. The van der Waals surface area contributed by atoms with Crippen LogP contribution in [-0.2, 0) is 6.54 Å². The van der Waals surface area contributed by atoms with Gasteiger partial charge in [-0.15, -0.1) is 10.2 Å². The van der Waals surface area contributed by atoms with E-state index in [4.69, 9.17) is 0 Å². The van der Waals surface area contributed by atoms with Crippen molar-refractivity contribution in [3.05, 3.63) is 75.8 Å². The molecular formula is C24H30BrN5O. The summed E-state index contributed by atoms with van der Waals surface area (Å²) in [5.74, 6) is 1.61. The Morgan fingerprint density at radius 3 is 2.45 bits per heavy atom. The molecule has 0 aliphatic heterocycles. The summed E-state index contributed by atoms with van der Waals surface area (Å²) in [6, 6.07) is 15.2. The minimum Gasteiger partial charge on any atom is -0.300 e. The molecule has 1 aromatic heterocycles. The van der Waals surface area contributed by atoms with E-state index in [1.54, 1.807) is 0 Å². The second kappa shape index (κ2) is 10.3. The summed E-state index contributed by atoms with van der Waals surface area (Å²) in [7, 11) is 6.11. The molecule has 0 radical (unpaired) electrons. The van der Waals surface area contributed by atoms with E-state index in [9.17, 15) is 4.79 Å². The van der Waals surface area contributed by atoms with Gasteiger partial charge in [-0.1, -0.05) is 53.2 Å². The van der Waals surface area contributed by atoms with Crippen LogP contribution < -0.4 is 0 Å². The minimum absolute atomic E-state index is 0.0260. The van der Waals surface area contributed by atoms with Gasteiger partial charge in [0.2, 0.25) is 0 Å². The first-order valence-corrected chi connectivity index (χ1v) is 11.3. The molecule has 2 aromatic carbocycles. The Hall–Kier alpha value is -2.35. The standard InChI is InChI=1S/C24H30BrN5O/c1-6-14-29(5)16-22-26-27-24(17(2)28(3)4)30(22)21-13-12-19(25)15-20(21)23(31)18-10-8-7-9-11-18/h7-13,15,17H,6,14,16H2,1-5H3. The summed E-state index contributed by atoms with van der Waals surface area (Å²) in [6.07, 6.45) is 1.06. The van der Waals surface area contributed by atoms with E-state index in [0.717, 1.165) is 34.8 Å². The van der Waals surface area contributed by atoms with Crippen LogP contribution in [0.3, 0.4) is 0 Å². The van der Waals surface area contributed by atoms with Crippen molar-refractivity contribution in [3.8, 4) is 5.69 Å². The van der Waals surface area contributed by atoms with Gasteiger partial charge in [-0.05, 0) is 59.2 Å². The smallest absolute Gasteiger partial charge is 0.195 e. The van der Waals surface area contributed by atoms with Gasteiger partial charge >= 0.3 is 0 Å². The van der Waals surface area contributed by atoms with E-state index >= 15 is 0 Å². The van der Waals surface area contributed by atoms with Crippen molar-refractivity contribution < 1.29 is 4.79 Å². The molecule has 31 heavy (non-hydrogen) atoms. The number of hydrogen-bond acceptors (Lipinski definition) is 5. The Morgan fingerprint density at radius 1 is 1.10 bits per heavy atom. The molecule has 1 atom stereocenters. The highest BCUT2D eigenvalue weighted by atomic mass is 79.9.